The molecule has 7 nitrogen and oxygen atoms in total. The maximum Gasteiger partial charge on any atom is 0.339 e. The van der Waals surface area contributed by atoms with Gasteiger partial charge in [-0.25, -0.2) is 4.79 Å². The Labute approximate surface area is 266 Å². The first-order valence-electron chi connectivity index (χ1n) is 17.2. The van der Waals surface area contributed by atoms with Gasteiger partial charge in [0.2, 0.25) is 5.91 Å². The minimum Gasteiger partial charge on any atom is -0.462 e. The van der Waals surface area contributed by atoms with Crippen LogP contribution >= 0.6 is 11.3 Å². The molecule has 1 aliphatic rings. The summed E-state index contributed by atoms with van der Waals surface area (Å²) in [5.41, 5.74) is 1.76. The fourth-order valence-electron chi connectivity index (χ4n) is 5.80. The van der Waals surface area contributed by atoms with Gasteiger partial charge in [-0.2, -0.15) is 0 Å². The number of rotatable bonds is 23. The standard InChI is InChI=1S/C35H60N2O5S/c1-6-8-10-12-13-15-20-29(19-14-11-9-7-2)42-33(39)22-17-16-21-32(38)37-25-23-30-31(27-37)43-28(3)34(30)35(40)41-26-18-24-36(4)5/h29H,6-27H2,1-5H3. The summed E-state index contributed by atoms with van der Waals surface area (Å²) < 4.78 is 11.5. The summed E-state index contributed by atoms with van der Waals surface area (Å²) in [6, 6.07) is 0. The predicted molar refractivity (Wildman–Crippen MR) is 177 cm³/mol. The molecular weight excluding hydrogens is 560 g/mol. The number of unbranched alkanes of at least 4 members (excludes halogenated alkanes) is 9. The van der Waals surface area contributed by atoms with Gasteiger partial charge in [0.15, 0.2) is 0 Å². The average molecular weight is 621 g/mol. The van der Waals surface area contributed by atoms with E-state index in [4.69, 9.17) is 9.47 Å². The lowest BCUT2D eigenvalue weighted by Crippen LogP contribution is -2.35. The summed E-state index contributed by atoms with van der Waals surface area (Å²) in [4.78, 5) is 44.5. The molecule has 0 aromatic carbocycles. The summed E-state index contributed by atoms with van der Waals surface area (Å²) in [5.74, 6) is -0.234. The second kappa shape index (κ2) is 21.7. The van der Waals surface area contributed by atoms with Crippen LogP contribution in [0, 0.1) is 6.92 Å². The van der Waals surface area contributed by atoms with Gasteiger partial charge < -0.3 is 19.3 Å². The molecule has 1 aromatic heterocycles. The average Bonchev–Trinajstić information content (AvgIpc) is 3.31. The first-order valence-corrected chi connectivity index (χ1v) is 18.0. The number of hydrogen-bond donors (Lipinski definition) is 0. The summed E-state index contributed by atoms with van der Waals surface area (Å²) in [7, 11) is 4.01. The van der Waals surface area contributed by atoms with Gasteiger partial charge in [-0.05, 0) is 77.9 Å². The van der Waals surface area contributed by atoms with Gasteiger partial charge in [0, 0.05) is 35.7 Å². The van der Waals surface area contributed by atoms with E-state index in [9.17, 15) is 14.4 Å². The Balaban J connectivity index is 1.73. The monoisotopic (exact) mass is 620 g/mol. The van der Waals surface area contributed by atoms with E-state index in [0.717, 1.165) is 54.0 Å². The van der Waals surface area contributed by atoms with Crippen LogP contribution in [0.2, 0.25) is 0 Å². The molecule has 0 N–H and O–H groups in total. The Morgan fingerprint density at radius 3 is 2.16 bits per heavy atom. The third kappa shape index (κ3) is 14.6. The van der Waals surface area contributed by atoms with Gasteiger partial charge in [0.1, 0.15) is 6.10 Å². The van der Waals surface area contributed by atoms with Crippen molar-refractivity contribution in [2.75, 3.05) is 33.8 Å². The van der Waals surface area contributed by atoms with Crippen LogP contribution in [-0.2, 0) is 32.0 Å². The van der Waals surface area contributed by atoms with Crippen molar-refractivity contribution in [1.82, 2.24) is 9.80 Å². The molecule has 0 spiro atoms. The summed E-state index contributed by atoms with van der Waals surface area (Å²) in [6.45, 7) is 8.88. The van der Waals surface area contributed by atoms with Crippen LogP contribution in [0.3, 0.4) is 0 Å². The van der Waals surface area contributed by atoms with Gasteiger partial charge in [-0.1, -0.05) is 65.2 Å². The van der Waals surface area contributed by atoms with Crippen molar-refractivity contribution in [3.05, 3.63) is 20.9 Å². The number of nitrogens with zero attached hydrogens (tertiary/aromatic N) is 2. The molecule has 0 bridgehead atoms. The van der Waals surface area contributed by atoms with E-state index in [-0.39, 0.29) is 23.9 Å². The van der Waals surface area contributed by atoms with E-state index in [1.54, 1.807) is 11.3 Å². The first-order chi connectivity index (χ1) is 20.8. The molecule has 0 aliphatic carbocycles. The Bertz CT molecular complexity index is 960. The Morgan fingerprint density at radius 1 is 0.860 bits per heavy atom. The van der Waals surface area contributed by atoms with Gasteiger partial charge in [-0.3, -0.25) is 9.59 Å². The van der Waals surface area contributed by atoms with E-state index in [0.29, 0.717) is 57.4 Å². The highest BCUT2D eigenvalue weighted by Gasteiger charge is 2.29. The van der Waals surface area contributed by atoms with Crippen molar-refractivity contribution in [2.45, 2.75) is 149 Å². The molecule has 0 saturated heterocycles. The van der Waals surface area contributed by atoms with Crippen LogP contribution in [0.25, 0.3) is 0 Å². The summed E-state index contributed by atoms with van der Waals surface area (Å²) in [5, 5.41) is 0. The lowest BCUT2D eigenvalue weighted by Gasteiger charge is -2.27. The molecule has 1 aliphatic heterocycles. The van der Waals surface area contributed by atoms with Crippen molar-refractivity contribution >= 4 is 29.2 Å². The molecule has 1 amide bonds. The van der Waals surface area contributed by atoms with Crippen molar-refractivity contribution in [1.29, 1.82) is 0 Å². The molecule has 0 radical (unpaired) electrons. The zero-order chi connectivity index (χ0) is 31.5. The normalized spacial score (nSPS) is 13.7. The molecule has 0 saturated carbocycles. The van der Waals surface area contributed by atoms with E-state index in [2.05, 4.69) is 18.7 Å². The second-order valence-electron chi connectivity index (χ2n) is 12.5. The van der Waals surface area contributed by atoms with E-state index >= 15 is 0 Å². The van der Waals surface area contributed by atoms with Crippen molar-refractivity contribution in [2.24, 2.45) is 0 Å². The first kappa shape index (κ1) is 37.3. The largest absolute Gasteiger partial charge is 0.462 e. The number of thiophene rings is 1. The number of esters is 2. The van der Waals surface area contributed by atoms with E-state index < -0.39 is 0 Å². The Hall–Kier alpha value is -1.93. The van der Waals surface area contributed by atoms with E-state index in [1.807, 2.05) is 25.9 Å². The van der Waals surface area contributed by atoms with Gasteiger partial charge in [0.05, 0.1) is 18.7 Å². The van der Waals surface area contributed by atoms with Crippen LogP contribution in [0.4, 0.5) is 0 Å². The van der Waals surface area contributed by atoms with Crippen LogP contribution in [0.1, 0.15) is 149 Å². The Kier molecular flexibility index (Phi) is 18.8. The quantitative estimate of drug-likeness (QED) is 0.0906. The summed E-state index contributed by atoms with van der Waals surface area (Å²) >= 11 is 1.60. The number of fused-ring (bicyclic) bond motifs is 1. The Morgan fingerprint density at radius 2 is 1.49 bits per heavy atom. The molecule has 246 valence electrons. The number of amides is 1. The minimum atomic E-state index is -0.240. The van der Waals surface area contributed by atoms with Crippen molar-refractivity contribution in [3.63, 3.8) is 0 Å². The molecular formula is C35H60N2O5S. The van der Waals surface area contributed by atoms with Gasteiger partial charge >= 0.3 is 11.9 Å². The highest BCUT2D eigenvalue weighted by molar-refractivity contribution is 7.12. The molecule has 43 heavy (non-hydrogen) atoms. The van der Waals surface area contributed by atoms with Crippen LogP contribution in [0.15, 0.2) is 0 Å². The zero-order valence-electron chi connectivity index (χ0n) is 28.0. The van der Waals surface area contributed by atoms with Crippen molar-refractivity contribution in [3.8, 4) is 0 Å². The molecule has 1 atom stereocenters. The maximum absolute atomic E-state index is 13.0. The highest BCUT2D eigenvalue weighted by Crippen LogP contribution is 2.33. The molecule has 1 aromatic rings. The smallest absolute Gasteiger partial charge is 0.339 e. The topological polar surface area (TPSA) is 76.2 Å². The minimum absolute atomic E-state index is 0.0363. The van der Waals surface area contributed by atoms with Crippen LogP contribution in [-0.4, -0.2) is 67.5 Å². The molecule has 2 rings (SSSR count). The molecule has 0 fully saturated rings. The molecule has 2 heterocycles. The predicted octanol–water partition coefficient (Wildman–Crippen LogP) is 8.24. The van der Waals surface area contributed by atoms with Gasteiger partial charge in [-0.15, -0.1) is 11.3 Å². The number of carbonyl (C=O) groups is 3. The van der Waals surface area contributed by atoms with Crippen LogP contribution in [0.5, 0.6) is 0 Å². The third-order valence-electron chi connectivity index (χ3n) is 8.35. The zero-order valence-corrected chi connectivity index (χ0v) is 28.8. The maximum atomic E-state index is 13.0. The van der Waals surface area contributed by atoms with E-state index in [1.165, 1.54) is 51.4 Å². The molecule has 1 unspecified atom stereocenters. The SMILES string of the molecule is CCCCCCCCC(CCCCCC)OC(=O)CCCCC(=O)N1CCc2c(sc(C)c2C(=O)OCCCN(C)C)C1. The lowest BCUT2D eigenvalue weighted by atomic mass is 10.0. The fourth-order valence-corrected chi connectivity index (χ4v) is 7.03. The van der Waals surface area contributed by atoms with Crippen LogP contribution < -0.4 is 0 Å². The lowest BCUT2D eigenvalue weighted by molar-refractivity contribution is -0.150. The van der Waals surface area contributed by atoms with Crippen molar-refractivity contribution < 1.29 is 23.9 Å². The number of carbonyl (C=O) groups excluding carboxylic acids is 3. The second-order valence-corrected chi connectivity index (χ2v) is 13.8. The molecule has 8 heteroatoms. The highest BCUT2D eigenvalue weighted by atomic mass is 32.1. The summed E-state index contributed by atoms with van der Waals surface area (Å²) in [6.07, 6.45) is 17.9. The number of hydrogen-bond acceptors (Lipinski definition) is 7. The fraction of sp³-hybridized carbons (Fsp3) is 0.800. The number of aryl methyl sites for hydroxylation is 1. The third-order valence-corrected chi connectivity index (χ3v) is 9.48. The van der Waals surface area contributed by atoms with Gasteiger partial charge in [0.25, 0.3) is 0 Å². The number of ether oxygens (including phenoxy) is 2.